The minimum Gasteiger partial charge on any atom is -0.365 e. The predicted octanol–water partition coefficient (Wildman–Crippen LogP) is 2.26. The fourth-order valence-corrected chi connectivity index (χ4v) is 5.26. The van der Waals surface area contributed by atoms with E-state index in [2.05, 4.69) is 20.5 Å². The molecule has 8 nitrogen and oxygen atoms in total. The second-order valence-electron chi connectivity index (χ2n) is 6.36. The third-order valence-corrected chi connectivity index (χ3v) is 6.75. The first kappa shape index (κ1) is 18.6. The molecule has 3 N–H and O–H groups in total. The maximum Gasteiger partial charge on any atom is 0.251 e. The largest absolute Gasteiger partial charge is 0.365 e. The molecule has 3 aromatic rings. The number of nitrogens with two attached hydrogens (primary N) is 1. The van der Waals surface area contributed by atoms with Crippen molar-refractivity contribution in [1.82, 2.24) is 19.7 Å². The summed E-state index contributed by atoms with van der Waals surface area (Å²) in [5, 5.41) is 12.4. The first-order chi connectivity index (χ1) is 13.5. The Kier molecular flexibility index (Phi) is 5.14. The Morgan fingerprint density at radius 2 is 2.07 bits per heavy atom. The van der Waals surface area contributed by atoms with Crippen molar-refractivity contribution in [3.8, 4) is 11.4 Å². The highest BCUT2D eigenvalue weighted by molar-refractivity contribution is 7.99. The molecular formula is C18H18N6O2S2. The lowest BCUT2D eigenvalue weighted by Gasteiger charge is -2.06. The average Bonchev–Trinajstić information content (AvgIpc) is 3.35. The second kappa shape index (κ2) is 7.72. The van der Waals surface area contributed by atoms with Gasteiger partial charge in [-0.2, -0.15) is 0 Å². The maximum absolute atomic E-state index is 12.4. The Labute approximate surface area is 169 Å². The Hall–Kier alpha value is -2.72. The lowest BCUT2D eigenvalue weighted by atomic mass is 10.1. The third-order valence-electron chi connectivity index (χ3n) is 4.53. The number of thioether (sulfide) groups is 1. The number of carbonyl (C=O) groups excluding carboxylic acids is 2. The molecule has 10 heteroatoms. The van der Waals surface area contributed by atoms with E-state index in [0.717, 1.165) is 35.3 Å². The number of carbonyl (C=O) groups is 2. The van der Waals surface area contributed by atoms with E-state index in [0.29, 0.717) is 21.5 Å². The lowest BCUT2D eigenvalue weighted by Crippen LogP contribution is -2.19. The van der Waals surface area contributed by atoms with Gasteiger partial charge in [-0.3, -0.25) is 14.6 Å². The number of aryl methyl sites for hydroxylation is 1. The third kappa shape index (κ3) is 3.52. The molecule has 0 atom stereocenters. The number of primary amides is 1. The molecular weight excluding hydrogens is 396 g/mol. The van der Waals surface area contributed by atoms with Gasteiger partial charge in [0.15, 0.2) is 11.0 Å². The molecule has 0 fully saturated rings. The zero-order valence-electron chi connectivity index (χ0n) is 15.1. The summed E-state index contributed by atoms with van der Waals surface area (Å²) >= 11 is 2.74. The van der Waals surface area contributed by atoms with Gasteiger partial charge in [0.05, 0.1) is 11.3 Å². The highest BCUT2D eigenvalue weighted by atomic mass is 32.2. The van der Waals surface area contributed by atoms with Crippen LogP contribution in [0.15, 0.2) is 29.7 Å². The molecule has 4 rings (SSSR count). The van der Waals surface area contributed by atoms with Crippen LogP contribution in [0.2, 0.25) is 0 Å². The molecule has 3 aromatic heterocycles. The van der Waals surface area contributed by atoms with Crippen LogP contribution in [-0.2, 0) is 24.7 Å². The summed E-state index contributed by atoms with van der Waals surface area (Å²) < 4.78 is 1.84. The van der Waals surface area contributed by atoms with Gasteiger partial charge in [-0.25, -0.2) is 0 Å². The highest BCUT2D eigenvalue weighted by Crippen LogP contribution is 2.38. The van der Waals surface area contributed by atoms with Crippen LogP contribution in [0.3, 0.4) is 0 Å². The van der Waals surface area contributed by atoms with Crippen molar-refractivity contribution < 1.29 is 9.59 Å². The van der Waals surface area contributed by atoms with E-state index in [1.54, 1.807) is 12.4 Å². The molecule has 1 aliphatic carbocycles. The molecule has 0 bridgehead atoms. The van der Waals surface area contributed by atoms with Gasteiger partial charge in [0.25, 0.3) is 5.91 Å². The van der Waals surface area contributed by atoms with Crippen LogP contribution in [-0.4, -0.2) is 37.3 Å². The monoisotopic (exact) mass is 414 g/mol. The number of hydrogen-bond acceptors (Lipinski definition) is 7. The summed E-state index contributed by atoms with van der Waals surface area (Å²) in [5.74, 6) is 0.165. The van der Waals surface area contributed by atoms with Gasteiger partial charge in [-0.05, 0) is 37.0 Å². The van der Waals surface area contributed by atoms with Gasteiger partial charge in [0, 0.05) is 29.9 Å². The summed E-state index contributed by atoms with van der Waals surface area (Å²) in [6.07, 6.45) is 6.18. The van der Waals surface area contributed by atoms with Gasteiger partial charge < -0.3 is 15.6 Å². The Bertz CT molecular complexity index is 1040. The number of aromatic nitrogens is 4. The molecule has 28 heavy (non-hydrogen) atoms. The van der Waals surface area contributed by atoms with Crippen molar-refractivity contribution in [1.29, 1.82) is 0 Å². The molecule has 3 heterocycles. The van der Waals surface area contributed by atoms with Crippen molar-refractivity contribution in [2.75, 3.05) is 11.1 Å². The summed E-state index contributed by atoms with van der Waals surface area (Å²) in [6, 6.07) is 3.71. The first-order valence-corrected chi connectivity index (χ1v) is 10.5. The standard InChI is InChI=1S/C18H18N6O2S2/c1-24-16(10-5-7-20-8-6-10)22-23-18(24)27-9-13(25)21-17-14(15(19)26)11-3-2-4-12(11)28-17/h5-8H,2-4,9H2,1H3,(H2,19,26)(H,21,25). The van der Waals surface area contributed by atoms with Gasteiger partial charge in [-0.1, -0.05) is 11.8 Å². The summed E-state index contributed by atoms with van der Waals surface area (Å²) in [5.41, 5.74) is 7.90. The van der Waals surface area contributed by atoms with Crippen molar-refractivity contribution in [3.63, 3.8) is 0 Å². The fraction of sp³-hybridized carbons (Fsp3) is 0.278. The SMILES string of the molecule is Cn1c(SCC(=O)Nc2sc3c(c2C(N)=O)CCC3)nnc1-c1ccncc1. The molecule has 0 saturated heterocycles. The molecule has 1 aliphatic rings. The van der Waals surface area contributed by atoms with E-state index in [1.165, 1.54) is 23.1 Å². The molecule has 144 valence electrons. The van der Waals surface area contributed by atoms with Gasteiger partial charge >= 0.3 is 0 Å². The molecule has 2 amide bonds. The zero-order chi connectivity index (χ0) is 19.7. The number of hydrogen-bond donors (Lipinski definition) is 2. The van der Waals surface area contributed by atoms with Crippen LogP contribution in [0.25, 0.3) is 11.4 Å². The van der Waals surface area contributed by atoms with E-state index in [-0.39, 0.29) is 11.7 Å². The Morgan fingerprint density at radius 3 is 2.82 bits per heavy atom. The number of fused-ring (bicyclic) bond motifs is 1. The highest BCUT2D eigenvalue weighted by Gasteiger charge is 2.26. The number of anilines is 1. The summed E-state index contributed by atoms with van der Waals surface area (Å²) in [6.45, 7) is 0. The number of nitrogens with zero attached hydrogens (tertiary/aromatic N) is 4. The molecule has 0 aliphatic heterocycles. The van der Waals surface area contributed by atoms with Gasteiger partial charge in [0.1, 0.15) is 5.00 Å². The average molecular weight is 415 g/mol. The number of rotatable bonds is 6. The van der Waals surface area contributed by atoms with E-state index in [9.17, 15) is 9.59 Å². The molecule has 0 spiro atoms. The quantitative estimate of drug-likeness (QED) is 0.598. The fourth-order valence-electron chi connectivity index (χ4n) is 3.24. The smallest absolute Gasteiger partial charge is 0.251 e. The summed E-state index contributed by atoms with van der Waals surface area (Å²) in [4.78, 5) is 29.4. The zero-order valence-corrected chi connectivity index (χ0v) is 16.8. The first-order valence-electron chi connectivity index (χ1n) is 8.71. The van der Waals surface area contributed by atoms with Gasteiger partial charge in [0.2, 0.25) is 5.91 Å². The van der Waals surface area contributed by atoms with Crippen LogP contribution >= 0.6 is 23.1 Å². The van der Waals surface area contributed by atoms with Crippen molar-refractivity contribution in [3.05, 3.63) is 40.5 Å². The van der Waals surface area contributed by atoms with Crippen molar-refractivity contribution >= 4 is 39.9 Å². The molecule has 0 radical (unpaired) electrons. The Balaban J connectivity index is 1.44. The number of pyridine rings is 1. The predicted molar refractivity (Wildman–Crippen MR) is 108 cm³/mol. The molecule has 0 unspecified atom stereocenters. The van der Waals surface area contributed by atoms with Crippen molar-refractivity contribution in [2.24, 2.45) is 12.8 Å². The maximum atomic E-state index is 12.4. The van der Waals surface area contributed by atoms with Crippen LogP contribution < -0.4 is 11.1 Å². The van der Waals surface area contributed by atoms with Crippen molar-refractivity contribution in [2.45, 2.75) is 24.4 Å². The molecule has 0 aromatic carbocycles. The van der Waals surface area contributed by atoms with Crippen LogP contribution in [0, 0.1) is 0 Å². The topological polar surface area (TPSA) is 116 Å². The summed E-state index contributed by atoms with van der Waals surface area (Å²) in [7, 11) is 1.85. The van der Waals surface area contributed by atoms with E-state index in [4.69, 9.17) is 5.73 Å². The lowest BCUT2D eigenvalue weighted by molar-refractivity contribution is -0.113. The normalized spacial score (nSPS) is 12.8. The van der Waals surface area contributed by atoms with E-state index >= 15 is 0 Å². The van der Waals surface area contributed by atoms with Crippen LogP contribution in [0.4, 0.5) is 5.00 Å². The minimum atomic E-state index is -0.488. The van der Waals surface area contributed by atoms with Gasteiger partial charge in [-0.15, -0.1) is 21.5 Å². The van der Waals surface area contributed by atoms with E-state index < -0.39 is 5.91 Å². The minimum absolute atomic E-state index is 0.156. The second-order valence-corrected chi connectivity index (χ2v) is 8.41. The van der Waals surface area contributed by atoms with Crippen LogP contribution in [0.5, 0.6) is 0 Å². The van der Waals surface area contributed by atoms with E-state index in [1.807, 2.05) is 23.7 Å². The number of thiophene rings is 1. The van der Waals surface area contributed by atoms with Crippen LogP contribution in [0.1, 0.15) is 27.2 Å². The Morgan fingerprint density at radius 1 is 1.29 bits per heavy atom. The molecule has 0 saturated carbocycles. The number of nitrogens with one attached hydrogen (secondary N) is 1. The number of amides is 2.